The number of rotatable bonds is 3. The molecule has 1 aromatic heterocycles. The van der Waals surface area contributed by atoms with Gasteiger partial charge in [-0.15, -0.1) is 10.2 Å². The van der Waals surface area contributed by atoms with Gasteiger partial charge in [-0.2, -0.15) is 0 Å². The molecule has 84 valence electrons. The van der Waals surface area contributed by atoms with Crippen molar-refractivity contribution in [3.8, 4) is 0 Å². The molecule has 1 aliphatic heterocycles. The van der Waals surface area contributed by atoms with Crippen LogP contribution in [0.2, 0.25) is 0 Å². The summed E-state index contributed by atoms with van der Waals surface area (Å²) in [6.07, 6.45) is 5.44. The van der Waals surface area contributed by atoms with Crippen molar-refractivity contribution in [2.75, 3.05) is 6.54 Å². The van der Waals surface area contributed by atoms with E-state index in [1.165, 1.54) is 12.8 Å². The van der Waals surface area contributed by atoms with Crippen LogP contribution in [-0.4, -0.2) is 21.3 Å². The maximum atomic E-state index is 4.24. The molecule has 2 rings (SSSR count). The van der Waals surface area contributed by atoms with Gasteiger partial charge < -0.3 is 9.88 Å². The summed E-state index contributed by atoms with van der Waals surface area (Å²) in [5, 5.41) is 11.8. The zero-order chi connectivity index (χ0) is 10.7. The van der Waals surface area contributed by atoms with Crippen LogP contribution in [0, 0.1) is 5.92 Å². The van der Waals surface area contributed by atoms with Crippen LogP contribution < -0.4 is 5.32 Å². The smallest absolute Gasteiger partial charge is 0.149 e. The molecule has 0 bridgehead atoms. The minimum Gasteiger partial charge on any atom is -0.316 e. The van der Waals surface area contributed by atoms with Crippen molar-refractivity contribution < 1.29 is 0 Å². The average molecular weight is 208 g/mol. The summed E-state index contributed by atoms with van der Waals surface area (Å²) in [6, 6.07) is 0.405. The van der Waals surface area contributed by atoms with Crippen molar-refractivity contribution in [2.24, 2.45) is 5.92 Å². The lowest BCUT2D eigenvalue weighted by molar-refractivity contribution is 0.308. The minimum absolute atomic E-state index is 0.405. The molecule has 0 saturated carbocycles. The first-order chi connectivity index (χ1) is 7.31. The summed E-state index contributed by atoms with van der Waals surface area (Å²) in [5.41, 5.74) is 0. The van der Waals surface area contributed by atoms with Crippen molar-refractivity contribution in [1.82, 2.24) is 20.1 Å². The van der Waals surface area contributed by atoms with E-state index in [1.54, 1.807) is 0 Å². The van der Waals surface area contributed by atoms with Crippen LogP contribution in [0.4, 0.5) is 0 Å². The van der Waals surface area contributed by atoms with E-state index in [2.05, 4.69) is 33.9 Å². The number of aryl methyl sites for hydroxylation is 1. The minimum atomic E-state index is 0.405. The van der Waals surface area contributed by atoms with Gasteiger partial charge in [-0.3, -0.25) is 0 Å². The highest BCUT2D eigenvalue weighted by molar-refractivity contribution is 4.97. The molecule has 2 atom stereocenters. The Morgan fingerprint density at radius 2 is 2.47 bits per heavy atom. The first-order valence-electron chi connectivity index (χ1n) is 5.92. The van der Waals surface area contributed by atoms with E-state index < -0.39 is 0 Å². The zero-order valence-corrected chi connectivity index (χ0v) is 9.61. The first-order valence-corrected chi connectivity index (χ1v) is 5.92. The Morgan fingerprint density at radius 3 is 3.20 bits per heavy atom. The maximum absolute atomic E-state index is 4.24. The summed E-state index contributed by atoms with van der Waals surface area (Å²) in [6.45, 7) is 6.62. The fourth-order valence-corrected chi connectivity index (χ4v) is 2.25. The third-order valence-corrected chi connectivity index (χ3v) is 3.09. The Labute approximate surface area is 91.1 Å². The molecule has 15 heavy (non-hydrogen) atoms. The molecular formula is C11H20N4. The van der Waals surface area contributed by atoms with Gasteiger partial charge in [0.05, 0.1) is 6.04 Å². The second-order valence-electron chi connectivity index (χ2n) is 4.52. The van der Waals surface area contributed by atoms with Gasteiger partial charge >= 0.3 is 0 Å². The van der Waals surface area contributed by atoms with Gasteiger partial charge in [0.2, 0.25) is 0 Å². The molecule has 0 aromatic carbocycles. The topological polar surface area (TPSA) is 42.7 Å². The monoisotopic (exact) mass is 208 g/mol. The Bertz CT molecular complexity index is 307. The summed E-state index contributed by atoms with van der Waals surface area (Å²) in [5.74, 6) is 1.91. The van der Waals surface area contributed by atoms with Crippen LogP contribution in [-0.2, 0) is 6.54 Å². The number of hydrogen-bond acceptors (Lipinski definition) is 3. The normalized spacial score (nSPS) is 26.8. The van der Waals surface area contributed by atoms with Crippen LogP contribution in [0.1, 0.15) is 45.0 Å². The predicted octanol–water partition coefficient (Wildman–Crippen LogP) is 1.75. The standard InChI is InChI=1S/C11H20N4/c1-3-6-15-8-13-14-11(15)10-7-9(2)4-5-12-10/h8-10,12H,3-7H2,1-2H3. The van der Waals surface area contributed by atoms with Crippen LogP contribution in [0.5, 0.6) is 0 Å². The van der Waals surface area contributed by atoms with Crippen LogP contribution in [0.25, 0.3) is 0 Å². The van der Waals surface area contributed by atoms with Crippen LogP contribution >= 0.6 is 0 Å². The van der Waals surface area contributed by atoms with E-state index in [4.69, 9.17) is 0 Å². The molecule has 1 aliphatic rings. The molecule has 4 heteroatoms. The molecule has 0 spiro atoms. The first kappa shape index (κ1) is 10.6. The SMILES string of the molecule is CCCn1cnnc1C1CC(C)CCN1. The molecule has 0 amide bonds. The second kappa shape index (κ2) is 4.75. The van der Waals surface area contributed by atoms with Crippen molar-refractivity contribution in [3.05, 3.63) is 12.2 Å². The second-order valence-corrected chi connectivity index (χ2v) is 4.52. The molecule has 2 heterocycles. The fourth-order valence-electron chi connectivity index (χ4n) is 2.25. The molecule has 1 fully saturated rings. The van der Waals surface area contributed by atoms with Crippen molar-refractivity contribution in [3.63, 3.8) is 0 Å². The van der Waals surface area contributed by atoms with E-state index in [1.807, 2.05) is 6.33 Å². The van der Waals surface area contributed by atoms with Crippen LogP contribution in [0.3, 0.4) is 0 Å². The van der Waals surface area contributed by atoms with E-state index in [-0.39, 0.29) is 0 Å². The molecule has 0 radical (unpaired) electrons. The van der Waals surface area contributed by atoms with Gasteiger partial charge in [0.1, 0.15) is 12.2 Å². The Balaban J connectivity index is 2.10. The fraction of sp³-hybridized carbons (Fsp3) is 0.818. The molecule has 1 N–H and O–H groups in total. The largest absolute Gasteiger partial charge is 0.316 e. The number of piperidine rings is 1. The highest BCUT2D eigenvalue weighted by Gasteiger charge is 2.23. The van der Waals surface area contributed by atoms with Crippen molar-refractivity contribution in [2.45, 2.75) is 45.7 Å². The number of aromatic nitrogens is 3. The number of nitrogens with zero attached hydrogens (tertiary/aromatic N) is 3. The molecule has 1 saturated heterocycles. The summed E-state index contributed by atoms with van der Waals surface area (Å²) in [4.78, 5) is 0. The molecule has 1 aromatic rings. The van der Waals surface area contributed by atoms with Gasteiger partial charge in [0, 0.05) is 6.54 Å². The average Bonchev–Trinajstić information content (AvgIpc) is 2.66. The van der Waals surface area contributed by atoms with Crippen molar-refractivity contribution >= 4 is 0 Å². The quantitative estimate of drug-likeness (QED) is 0.823. The highest BCUT2D eigenvalue weighted by atomic mass is 15.3. The Kier molecular flexibility index (Phi) is 3.36. The van der Waals surface area contributed by atoms with Gasteiger partial charge in [0.25, 0.3) is 0 Å². The van der Waals surface area contributed by atoms with Crippen molar-refractivity contribution in [1.29, 1.82) is 0 Å². The third kappa shape index (κ3) is 2.37. The highest BCUT2D eigenvalue weighted by Crippen LogP contribution is 2.25. The Hall–Kier alpha value is -0.900. The molecule has 4 nitrogen and oxygen atoms in total. The molecular weight excluding hydrogens is 188 g/mol. The maximum Gasteiger partial charge on any atom is 0.149 e. The lowest BCUT2D eigenvalue weighted by Gasteiger charge is -2.27. The van der Waals surface area contributed by atoms with Gasteiger partial charge in [0.15, 0.2) is 0 Å². The summed E-state index contributed by atoms with van der Waals surface area (Å²) in [7, 11) is 0. The molecule has 0 aliphatic carbocycles. The number of hydrogen-bond donors (Lipinski definition) is 1. The van der Waals surface area contributed by atoms with Gasteiger partial charge in [-0.1, -0.05) is 13.8 Å². The van der Waals surface area contributed by atoms with Gasteiger partial charge in [-0.05, 0) is 31.7 Å². The number of nitrogens with one attached hydrogen (secondary N) is 1. The lowest BCUT2D eigenvalue weighted by Crippen LogP contribution is -2.32. The third-order valence-electron chi connectivity index (χ3n) is 3.09. The van der Waals surface area contributed by atoms with Gasteiger partial charge in [-0.25, -0.2) is 0 Å². The lowest BCUT2D eigenvalue weighted by atomic mass is 9.94. The summed E-state index contributed by atoms with van der Waals surface area (Å²) >= 11 is 0. The Morgan fingerprint density at radius 1 is 1.60 bits per heavy atom. The predicted molar refractivity (Wildman–Crippen MR) is 59.5 cm³/mol. The van der Waals surface area contributed by atoms with E-state index in [0.29, 0.717) is 6.04 Å². The zero-order valence-electron chi connectivity index (χ0n) is 9.61. The van der Waals surface area contributed by atoms with E-state index in [9.17, 15) is 0 Å². The van der Waals surface area contributed by atoms with E-state index >= 15 is 0 Å². The van der Waals surface area contributed by atoms with Crippen LogP contribution in [0.15, 0.2) is 6.33 Å². The molecule has 2 unspecified atom stereocenters. The summed E-state index contributed by atoms with van der Waals surface area (Å²) < 4.78 is 2.18. The van der Waals surface area contributed by atoms with E-state index in [0.717, 1.165) is 31.3 Å².